The number of fused-ring (bicyclic) bond motifs is 9. The Hall–Kier alpha value is -7.88. The van der Waals surface area contributed by atoms with Crippen LogP contribution in [0.3, 0.4) is 0 Å². The molecule has 284 valence electrons. The fourth-order valence-electron chi connectivity index (χ4n) is 10.5. The number of aromatic nitrogens is 2. The second kappa shape index (κ2) is 13.3. The third-order valence-electron chi connectivity index (χ3n) is 13.1. The van der Waals surface area contributed by atoms with Gasteiger partial charge in [-0.2, -0.15) is 0 Å². The fourth-order valence-corrected chi connectivity index (χ4v) is 10.5. The predicted molar refractivity (Wildman–Crippen MR) is 254 cm³/mol. The number of pyridine rings is 2. The quantitative estimate of drug-likeness (QED) is 0.167. The highest BCUT2D eigenvalue weighted by Gasteiger charge is 2.38. The van der Waals surface area contributed by atoms with Crippen LogP contribution in [-0.4, -0.2) is 16.1 Å². The van der Waals surface area contributed by atoms with E-state index in [0.29, 0.717) is 0 Å². The number of hydrogen-bond acceptors (Lipinski definition) is 3. The monoisotopic (exact) mass is 776 g/mol. The van der Waals surface area contributed by atoms with Crippen LogP contribution >= 0.6 is 0 Å². The zero-order valence-corrected chi connectivity index (χ0v) is 33.1. The van der Waals surface area contributed by atoms with Gasteiger partial charge in [-0.25, -0.2) is 0 Å². The summed E-state index contributed by atoms with van der Waals surface area (Å²) < 4.78 is 7.08. The molecule has 0 saturated carbocycles. The SMILES string of the molecule is C1=CC2c3cc(-c4c5ccccc5c(-c5ccc6cccnc6c5)c5ccccc45)ccc3OC2C(c2c3ccccc3c(-c3ccc4cccnc4c3)c3ccccc23)=C1. The van der Waals surface area contributed by atoms with Gasteiger partial charge in [0.1, 0.15) is 11.9 Å². The molecule has 9 aromatic carbocycles. The maximum absolute atomic E-state index is 7.08. The van der Waals surface area contributed by atoms with Crippen molar-refractivity contribution in [1.82, 2.24) is 9.97 Å². The van der Waals surface area contributed by atoms with Gasteiger partial charge in [0.25, 0.3) is 0 Å². The van der Waals surface area contributed by atoms with Crippen LogP contribution in [0.15, 0.2) is 207 Å². The van der Waals surface area contributed by atoms with Crippen molar-refractivity contribution >= 4 is 70.5 Å². The third kappa shape index (κ3) is 5.17. The van der Waals surface area contributed by atoms with Gasteiger partial charge < -0.3 is 4.74 Å². The zero-order chi connectivity index (χ0) is 40.0. The molecule has 2 unspecified atom stereocenters. The van der Waals surface area contributed by atoms with Crippen LogP contribution in [-0.2, 0) is 0 Å². The molecule has 11 aromatic rings. The Morgan fingerprint density at radius 2 is 0.820 bits per heavy atom. The first-order valence-corrected chi connectivity index (χ1v) is 21.0. The van der Waals surface area contributed by atoms with E-state index >= 15 is 0 Å². The molecule has 0 radical (unpaired) electrons. The molecule has 2 aromatic heterocycles. The fraction of sp³-hybridized carbons (Fsp3) is 0.0345. The van der Waals surface area contributed by atoms with Crippen molar-refractivity contribution in [2.24, 2.45) is 0 Å². The summed E-state index contributed by atoms with van der Waals surface area (Å²) in [7, 11) is 0. The molecule has 13 rings (SSSR count). The van der Waals surface area contributed by atoms with E-state index in [9.17, 15) is 0 Å². The second-order valence-corrected chi connectivity index (χ2v) is 16.3. The minimum absolute atomic E-state index is 0.0561. The third-order valence-corrected chi connectivity index (χ3v) is 13.1. The highest BCUT2D eigenvalue weighted by atomic mass is 16.5. The van der Waals surface area contributed by atoms with Crippen molar-refractivity contribution in [3.8, 4) is 39.1 Å². The molecule has 1 aliphatic heterocycles. The molecule has 0 spiro atoms. The Morgan fingerprint density at radius 1 is 0.393 bits per heavy atom. The summed E-state index contributed by atoms with van der Waals surface area (Å²) in [6.07, 6.45) is 10.4. The molecule has 3 heterocycles. The van der Waals surface area contributed by atoms with Gasteiger partial charge >= 0.3 is 0 Å². The number of allylic oxidation sites excluding steroid dienone is 2. The normalized spacial score (nSPS) is 15.7. The maximum Gasteiger partial charge on any atom is 0.135 e. The zero-order valence-electron chi connectivity index (χ0n) is 33.1. The van der Waals surface area contributed by atoms with E-state index in [2.05, 4.69) is 182 Å². The van der Waals surface area contributed by atoms with E-state index in [1.165, 1.54) is 93.2 Å². The summed E-state index contributed by atoms with van der Waals surface area (Å²) in [5, 5.41) is 12.1. The highest BCUT2D eigenvalue weighted by Crippen LogP contribution is 2.52. The predicted octanol–water partition coefficient (Wildman–Crippen LogP) is 14.9. The second-order valence-electron chi connectivity index (χ2n) is 16.3. The van der Waals surface area contributed by atoms with Crippen molar-refractivity contribution in [2.75, 3.05) is 0 Å². The van der Waals surface area contributed by atoms with Gasteiger partial charge in [0.15, 0.2) is 0 Å². The lowest BCUT2D eigenvalue weighted by Gasteiger charge is -2.26. The molecule has 0 N–H and O–H groups in total. The number of nitrogens with zero attached hydrogens (tertiary/aromatic N) is 2. The minimum atomic E-state index is -0.171. The van der Waals surface area contributed by atoms with Crippen molar-refractivity contribution in [2.45, 2.75) is 12.0 Å². The largest absolute Gasteiger partial charge is 0.484 e. The van der Waals surface area contributed by atoms with E-state index in [0.717, 1.165) is 27.6 Å². The Bertz CT molecular complexity index is 3600. The van der Waals surface area contributed by atoms with Crippen LogP contribution in [0.4, 0.5) is 0 Å². The van der Waals surface area contributed by atoms with Crippen molar-refractivity contribution in [3.05, 3.63) is 218 Å². The first-order chi connectivity index (χ1) is 30.3. The molecule has 3 nitrogen and oxygen atoms in total. The lowest BCUT2D eigenvalue weighted by Crippen LogP contribution is -2.21. The molecule has 3 heteroatoms. The standard InChI is InChI=1S/C58H36N2O/c1-3-16-42-40(14-1)54(41-15-2-4-17-43(41)55(42)38-26-24-35-12-10-30-59-51(35)33-38)37-28-29-53-50(32-37)48-22-9-23-49(58(48)61-53)57-46-20-7-5-18-44(46)56(45-19-6-8-21-47(45)57)39-27-25-36-13-11-31-60-52(36)34-39/h1-34,48,58H. The Kier molecular flexibility index (Phi) is 7.43. The number of rotatable bonds is 4. The number of hydrogen-bond donors (Lipinski definition) is 0. The average molecular weight is 777 g/mol. The molecule has 0 saturated heterocycles. The summed E-state index contributed by atoms with van der Waals surface area (Å²) in [5.74, 6) is 1.000. The maximum atomic E-state index is 7.08. The lowest BCUT2D eigenvalue weighted by atomic mass is 9.79. The molecule has 1 aliphatic carbocycles. The molecule has 2 atom stereocenters. The summed E-state index contributed by atoms with van der Waals surface area (Å²) in [6.45, 7) is 0. The molecule has 0 amide bonds. The van der Waals surface area contributed by atoms with Gasteiger partial charge in [0, 0.05) is 40.2 Å². The van der Waals surface area contributed by atoms with E-state index in [1.807, 2.05) is 24.5 Å². The smallest absolute Gasteiger partial charge is 0.135 e. The van der Waals surface area contributed by atoms with Gasteiger partial charge in [-0.1, -0.05) is 158 Å². The summed E-state index contributed by atoms with van der Waals surface area (Å²) in [6, 6.07) is 63.9. The van der Waals surface area contributed by atoms with Crippen molar-refractivity contribution < 1.29 is 4.74 Å². The van der Waals surface area contributed by atoms with Gasteiger partial charge in [-0.3, -0.25) is 9.97 Å². The molecule has 2 aliphatic rings. The molecule has 0 bridgehead atoms. The summed E-state index contributed by atoms with van der Waals surface area (Å²) >= 11 is 0. The van der Waals surface area contributed by atoms with Crippen molar-refractivity contribution in [3.63, 3.8) is 0 Å². The number of benzene rings is 9. The van der Waals surface area contributed by atoms with Crippen LogP contribution < -0.4 is 4.74 Å². The summed E-state index contributed by atoms with van der Waals surface area (Å²) in [4.78, 5) is 9.43. The van der Waals surface area contributed by atoms with E-state index in [1.54, 1.807) is 0 Å². The van der Waals surface area contributed by atoms with E-state index in [-0.39, 0.29) is 12.0 Å². The Morgan fingerprint density at radius 3 is 1.30 bits per heavy atom. The number of ether oxygens (including phenoxy) is 1. The van der Waals surface area contributed by atoms with Crippen LogP contribution in [0.2, 0.25) is 0 Å². The summed E-state index contributed by atoms with van der Waals surface area (Å²) in [5.41, 5.74) is 12.9. The Labute approximate surface area is 352 Å². The molecule has 0 fully saturated rings. The first-order valence-electron chi connectivity index (χ1n) is 21.0. The molecule has 61 heavy (non-hydrogen) atoms. The van der Waals surface area contributed by atoms with Gasteiger partial charge in [0.2, 0.25) is 0 Å². The van der Waals surface area contributed by atoms with E-state index in [4.69, 9.17) is 14.7 Å². The van der Waals surface area contributed by atoms with Crippen LogP contribution in [0.5, 0.6) is 5.75 Å². The van der Waals surface area contributed by atoms with E-state index < -0.39 is 0 Å². The lowest BCUT2D eigenvalue weighted by molar-refractivity contribution is 0.278. The van der Waals surface area contributed by atoms with Crippen LogP contribution in [0, 0.1) is 0 Å². The van der Waals surface area contributed by atoms with Crippen LogP contribution in [0.1, 0.15) is 17.0 Å². The first kappa shape index (κ1) is 34.0. The molecular formula is C58H36N2O. The van der Waals surface area contributed by atoms with Gasteiger partial charge in [-0.05, 0) is 118 Å². The highest BCUT2D eigenvalue weighted by molar-refractivity contribution is 6.22. The molecular weight excluding hydrogens is 741 g/mol. The van der Waals surface area contributed by atoms with Gasteiger partial charge in [0.05, 0.1) is 11.0 Å². The van der Waals surface area contributed by atoms with Crippen molar-refractivity contribution in [1.29, 1.82) is 0 Å². The average Bonchev–Trinajstić information content (AvgIpc) is 3.70. The van der Waals surface area contributed by atoms with Crippen LogP contribution in [0.25, 0.3) is 104 Å². The Balaban J connectivity index is 0.957. The topological polar surface area (TPSA) is 35.0 Å². The van der Waals surface area contributed by atoms with Gasteiger partial charge in [-0.15, -0.1) is 0 Å². The minimum Gasteiger partial charge on any atom is -0.484 e.